The molecule has 0 aliphatic carbocycles. The van der Waals surface area contributed by atoms with E-state index in [9.17, 15) is 0 Å². The van der Waals surface area contributed by atoms with Crippen LogP contribution in [0.5, 0.6) is 0 Å². The highest BCUT2D eigenvalue weighted by Crippen LogP contribution is 2.40. The number of hydrogen-bond acceptors (Lipinski definition) is 3. The number of nitrogens with one attached hydrogen (secondary N) is 1. The third-order valence-electron chi connectivity index (χ3n) is 3.26. The van der Waals surface area contributed by atoms with Crippen molar-refractivity contribution in [1.29, 1.82) is 0 Å². The summed E-state index contributed by atoms with van der Waals surface area (Å²) in [6.45, 7) is 6.12. The number of ether oxygens (including phenoxy) is 1. The average molecular weight is 339 g/mol. The van der Waals surface area contributed by atoms with E-state index in [1.54, 1.807) is 11.3 Å². The van der Waals surface area contributed by atoms with Gasteiger partial charge in [-0.3, -0.25) is 0 Å². The van der Waals surface area contributed by atoms with E-state index in [2.05, 4.69) is 41.2 Å². The van der Waals surface area contributed by atoms with Crippen LogP contribution in [0, 0.1) is 5.92 Å². The van der Waals surface area contributed by atoms with Gasteiger partial charge in [0.25, 0.3) is 0 Å². The Morgan fingerprint density at radius 1 is 1.71 bits per heavy atom. The van der Waals surface area contributed by atoms with Gasteiger partial charge in [0.05, 0.1) is 6.10 Å². The Morgan fingerprint density at radius 3 is 2.94 bits per heavy atom. The second kappa shape index (κ2) is 6.02. The lowest BCUT2D eigenvalue weighted by atomic mass is 9.92. The van der Waals surface area contributed by atoms with Crippen LogP contribution in [0.4, 0.5) is 0 Å². The second-order valence-corrected chi connectivity index (χ2v) is 6.87. The molecule has 1 fully saturated rings. The van der Waals surface area contributed by atoms with E-state index in [0.717, 1.165) is 28.4 Å². The molecule has 1 N–H and O–H groups in total. The van der Waals surface area contributed by atoms with Gasteiger partial charge in [-0.25, -0.2) is 0 Å². The van der Waals surface area contributed by atoms with Crippen LogP contribution in [0.1, 0.15) is 31.2 Å². The van der Waals surface area contributed by atoms with Gasteiger partial charge in [0.15, 0.2) is 0 Å². The molecular formula is C12H17BrClNOS. The lowest BCUT2D eigenvalue weighted by molar-refractivity contribution is 0.0959. The summed E-state index contributed by atoms with van der Waals surface area (Å²) in [7, 11) is 0. The van der Waals surface area contributed by atoms with Crippen LogP contribution in [0.15, 0.2) is 10.5 Å². The molecule has 3 unspecified atom stereocenters. The normalized spacial score (nSPS) is 26.4. The smallest absolute Gasteiger partial charge is 0.107 e. The molecular weight excluding hydrogens is 322 g/mol. The van der Waals surface area contributed by atoms with Crippen LogP contribution < -0.4 is 5.32 Å². The molecule has 1 aromatic heterocycles. The third-order valence-corrected chi connectivity index (χ3v) is 5.82. The molecule has 0 aromatic carbocycles. The minimum absolute atomic E-state index is 0.318. The molecule has 2 heterocycles. The molecule has 1 aromatic rings. The first-order chi connectivity index (χ1) is 8.13. The van der Waals surface area contributed by atoms with Gasteiger partial charge in [-0.1, -0.05) is 18.5 Å². The highest BCUT2D eigenvalue weighted by molar-refractivity contribution is 9.10. The van der Waals surface area contributed by atoms with Crippen molar-refractivity contribution in [2.75, 3.05) is 13.2 Å². The van der Waals surface area contributed by atoms with E-state index in [1.165, 1.54) is 4.88 Å². The molecule has 2 rings (SSSR count). The summed E-state index contributed by atoms with van der Waals surface area (Å²) in [4.78, 5) is 1.30. The zero-order valence-corrected chi connectivity index (χ0v) is 13.2. The minimum atomic E-state index is 0.318. The molecule has 1 aliphatic heterocycles. The first-order valence-corrected chi connectivity index (χ1v) is 7.92. The van der Waals surface area contributed by atoms with E-state index in [1.807, 2.05) is 0 Å². The summed E-state index contributed by atoms with van der Waals surface area (Å²) in [6.07, 6.45) is 1.44. The summed E-state index contributed by atoms with van der Waals surface area (Å²) in [5.74, 6) is 0.538. The molecule has 5 heteroatoms. The fourth-order valence-electron chi connectivity index (χ4n) is 2.39. The van der Waals surface area contributed by atoms with Gasteiger partial charge in [-0.2, -0.15) is 0 Å². The summed E-state index contributed by atoms with van der Waals surface area (Å²) >= 11 is 11.3. The highest BCUT2D eigenvalue weighted by atomic mass is 79.9. The Morgan fingerprint density at radius 2 is 2.47 bits per heavy atom. The largest absolute Gasteiger partial charge is 0.378 e. The SMILES string of the molecule is CCNC(c1cc(Br)c(Cl)s1)C1CCOC1C. The van der Waals surface area contributed by atoms with Crippen molar-refractivity contribution in [1.82, 2.24) is 5.32 Å². The van der Waals surface area contributed by atoms with Crippen LogP contribution >= 0.6 is 38.9 Å². The topological polar surface area (TPSA) is 21.3 Å². The van der Waals surface area contributed by atoms with Crippen LogP contribution in [-0.4, -0.2) is 19.3 Å². The van der Waals surface area contributed by atoms with Gasteiger partial charge in [0, 0.05) is 27.9 Å². The molecule has 0 bridgehead atoms. The summed E-state index contributed by atoms with van der Waals surface area (Å²) in [5.41, 5.74) is 0. The quantitative estimate of drug-likeness (QED) is 0.886. The number of thiophene rings is 1. The maximum Gasteiger partial charge on any atom is 0.107 e. The maximum absolute atomic E-state index is 6.13. The summed E-state index contributed by atoms with van der Waals surface area (Å²) < 4.78 is 7.49. The van der Waals surface area contributed by atoms with Crippen molar-refractivity contribution in [2.24, 2.45) is 5.92 Å². The third kappa shape index (κ3) is 3.04. The fourth-order valence-corrected chi connectivity index (χ4v) is 4.27. The molecule has 1 saturated heterocycles. The van der Waals surface area contributed by atoms with E-state index in [4.69, 9.17) is 16.3 Å². The standard InChI is InChI=1S/C12H17BrClNOS/c1-3-15-11(8-4-5-16-7(8)2)10-6-9(13)12(14)17-10/h6-8,11,15H,3-5H2,1-2H3. The molecule has 17 heavy (non-hydrogen) atoms. The monoisotopic (exact) mass is 337 g/mol. The van der Waals surface area contributed by atoms with E-state index in [0.29, 0.717) is 18.1 Å². The van der Waals surface area contributed by atoms with Crippen LogP contribution in [0.3, 0.4) is 0 Å². The first-order valence-electron chi connectivity index (χ1n) is 5.93. The van der Waals surface area contributed by atoms with Gasteiger partial charge >= 0.3 is 0 Å². The Kier molecular flexibility index (Phi) is 4.89. The average Bonchev–Trinajstić information content (AvgIpc) is 2.83. The van der Waals surface area contributed by atoms with E-state index >= 15 is 0 Å². The van der Waals surface area contributed by atoms with Gasteiger partial charge < -0.3 is 10.1 Å². The van der Waals surface area contributed by atoms with Crippen LogP contribution in [-0.2, 0) is 4.74 Å². The van der Waals surface area contributed by atoms with Crippen LogP contribution in [0.25, 0.3) is 0 Å². The molecule has 3 atom stereocenters. The molecule has 1 aliphatic rings. The summed E-state index contributed by atoms with van der Waals surface area (Å²) in [6, 6.07) is 2.48. The van der Waals surface area contributed by atoms with Gasteiger partial charge in [-0.15, -0.1) is 11.3 Å². The summed E-state index contributed by atoms with van der Waals surface area (Å²) in [5, 5.41) is 3.56. The van der Waals surface area contributed by atoms with Crippen molar-refractivity contribution >= 4 is 38.9 Å². The lowest BCUT2D eigenvalue weighted by Gasteiger charge is -2.25. The fraction of sp³-hybridized carbons (Fsp3) is 0.667. The molecule has 0 radical (unpaired) electrons. The minimum Gasteiger partial charge on any atom is -0.378 e. The van der Waals surface area contributed by atoms with E-state index in [-0.39, 0.29) is 0 Å². The maximum atomic E-state index is 6.13. The predicted molar refractivity (Wildman–Crippen MR) is 77.0 cm³/mol. The number of halogens is 2. The van der Waals surface area contributed by atoms with Crippen molar-refractivity contribution in [3.63, 3.8) is 0 Å². The Hall–Kier alpha value is 0.390. The van der Waals surface area contributed by atoms with Crippen LogP contribution in [0.2, 0.25) is 4.34 Å². The van der Waals surface area contributed by atoms with Crippen molar-refractivity contribution in [3.05, 3.63) is 19.8 Å². The molecule has 0 spiro atoms. The molecule has 0 amide bonds. The van der Waals surface area contributed by atoms with Crippen molar-refractivity contribution in [2.45, 2.75) is 32.4 Å². The molecule has 96 valence electrons. The highest BCUT2D eigenvalue weighted by Gasteiger charge is 2.33. The zero-order chi connectivity index (χ0) is 12.4. The number of rotatable bonds is 4. The Labute approximate surface area is 120 Å². The zero-order valence-electron chi connectivity index (χ0n) is 10.0. The second-order valence-electron chi connectivity index (χ2n) is 4.33. The van der Waals surface area contributed by atoms with Crippen molar-refractivity contribution < 1.29 is 4.74 Å². The molecule has 2 nitrogen and oxygen atoms in total. The predicted octanol–water partition coefficient (Wildman–Crippen LogP) is 4.24. The van der Waals surface area contributed by atoms with Gasteiger partial charge in [-0.05, 0) is 41.9 Å². The number of hydrogen-bond donors (Lipinski definition) is 1. The van der Waals surface area contributed by atoms with Crippen molar-refractivity contribution in [3.8, 4) is 0 Å². The first kappa shape index (κ1) is 13.8. The Bertz CT molecular complexity index is 365. The lowest BCUT2D eigenvalue weighted by Crippen LogP contribution is -2.31. The molecule has 0 saturated carbocycles. The van der Waals surface area contributed by atoms with Gasteiger partial charge in [0.1, 0.15) is 4.34 Å². The van der Waals surface area contributed by atoms with Gasteiger partial charge in [0.2, 0.25) is 0 Å². The van der Waals surface area contributed by atoms with E-state index < -0.39 is 0 Å². The Balaban J connectivity index is 2.21.